The molecule has 8 heteroatoms. The number of benzene rings is 1. The fourth-order valence-corrected chi connectivity index (χ4v) is 6.58. The predicted molar refractivity (Wildman–Crippen MR) is 107 cm³/mol. The van der Waals surface area contributed by atoms with E-state index in [1.54, 1.807) is 47.8 Å². The number of thiophene rings is 2. The van der Waals surface area contributed by atoms with Crippen molar-refractivity contribution in [1.29, 1.82) is 0 Å². The predicted octanol–water partition coefficient (Wildman–Crippen LogP) is 4.34. The third kappa shape index (κ3) is 4.54. The Kier molecular flexibility index (Phi) is 6.13. The zero-order valence-electron chi connectivity index (χ0n) is 13.6. The van der Waals surface area contributed by atoms with Gasteiger partial charge < -0.3 is 5.32 Å². The van der Waals surface area contributed by atoms with E-state index in [1.807, 2.05) is 11.4 Å². The number of rotatable bonds is 7. The first kappa shape index (κ1) is 19.1. The Balaban J connectivity index is 1.73. The first-order valence-corrected chi connectivity index (χ1v) is 11.5. The van der Waals surface area contributed by atoms with Crippen LogP contribution in [0.2, 0.25) is 5.02 Å². The van der Waals surface area contributed by atoms with E-state index in [0.717, 1.165) is 5.56 Å². The molecule has 1 aromatic carbocycles. The Labute approximate surface area is 165 Å². The summed E-state index contributed by atoms with van der Waals surface area (Å²) in [5, 5.41) is 6.14. The van der Waals surface area contributed by atoms with Crippen molar-refractivity contribution in [2.45, 2.75) is 15.9 Å². The molecule has 0 saturated carbocycles. The van der Waals surface area contributed by atoms with Gasteiger partial charge in [0.2, 0.25) is 5.91 Å². The van der Waals surface area contributed by atoms with Crippen molar-refractivity contribution < 1.29 is 13.2 Å². The van der Waals surface area contributed by atoms with Crippen molar-refractivity contribution in [2.75, 3.05) is 6.54 Å². The Morgan fingerprint density at radius 3 is 2.35 bits per heavy atom. The van der Waals surface area contributed by atoms with Crippen LogP contribution in [0.15, 0.2) is 63.5 Å². The van der Waals surface area contributed by atoms with Crippen LogP contribution in [0.4, 0.5) is 0 Å². The molecule has 0 spiro atoms. The highest BCUT2D eigenvalue weighted by atomic mass is 35.5. The first-order chi connectivity index (χ1) is 12.5. The maximum atomic E-state index is 13.0. The van der Waals surface area contributed by atoms with Crippen LogP contribution in [-0.2, 0) is 21.1 Å². The van der Waals surface area contributed by atoms with Crippen LogP contribution in [0.1, 0.15) is 15.7 Å². The normalized spacial score (nSPS) is 12.7. The van der Waals surface area contributed by atoms with Crippen molar-refractivity contribution in [1.82, 2.24) is 5.32 Å². The molecule has 0 fully saturated rings. The fraction of sp³-hybridized carbons (Fsp3) is 0.167. The molecular formula is C18H16ClNO3S3. The fourth-order valence-electron chi connectivity index (χ4n) is 2.46. The number of sulfone groups is 1. The van der Waals surface area contributed by atoms with Crippen molar-refractivity contribution in [3.8, 4) is 0 Å². The van der Waals surface area contributed by atoms with E-state index in [4.69, 9.17) is 11.6 Å². The second kappa shape index (κ2) is 8.35. The van der Waals surface area contributed by atoms with Gasteiger partial charge in [-0.15, -0.1) is 22.7 Å². The molecule has 0 aliphatic carbocycles. The Morgan fingerprint density at radius 1 is 1.04 bits per heavy atom. The van der Waals surface area contributed by atoms with E-state index in [1.165, 1.54) is 22.7 Å². The molecular weight excluding hydrogens is 410 g/mol. The number of hydrogen-bond donors (Lipinski definition) is 1. The molecule has 1 atom stereocenters. The minimum absolute atomic E-state index is 0.0349. The standard InChI is InChI=1S/C18H16ClNO3S3/c19-14-7-5-13(6-8-14)11-17(21)20-12-16(15-3-1-9-24-15)26(22,23)18-4-2-10-25-18/h1-10,16H,11-12H2,(H,20,21)/t16-/m0/s1. The molecule has 0 radical (unpaired) electrons. The average Bonchev–Trinajstić information content (AvgIpc) is 3.30. The van der Waals surface area contributed by atoms with Crippen molar-refractivity contribution in [3.05, 3.63) is 74.8 Å². The van der Waals surface area contributed by atoms with E-state index < -0.39 is 15.1 Å². The topological polar surface area (TPSA) is 63.2 Å². The Hall–Kier alpha value is -1.67. The van der Waals surface area contributed by atoms with E-state index in [0.29, 0.717) is 14.1 Å². The molecule has 2 aromatic heterocycles. The molecule has 0 aliphatic heterocycles. The molecule has 136 valence electrons. The zero-order valence-corrected chi connectivity index (χ0v) is 16.8. The number of hydrogen-bond acceptors (Lipinski definition) is 5. The van der Waals surface area contributed by atoms with Crippen LogP contribution in [0.5, 0.6) is 0 Å². The molecule has 26 heavy (non-hydrogen) atoms. The number of halogens is 1. The van der Waals surface area contributed by atoms with Gasteiger partial charge in [-0.05, 0) is 40.6 Å². The minimum Gasteiger partial charge on any atom is -0.354 e. The smallest absolute Gasteiger partial charge is 0.224 e. The summed E-state index contributed by atoms with van der Waals surface area (Å²) in [6.07, 6.45) is 0.174. The second-order valence-corrected chi connectivity index (χ2v) is 10.3. The molecule has 4 nitrogen and oxygen atoms in total. The largest absolute Gasteiger partial charge is 0.354 e. The maximum Gasteiger partial charge on any atom is 0.224 e. The highest BCUT2D eigenvalue weighted by Crippen LogP contribution is 2.33. The summed E-state index contributed by atoms with van der Waals surface area (Å²) < 4.78 is 26.2. The summed E-state index contributed by atoms with van der Waals surface area (Å²) in [4.78, 5) is 13.0. The Bertz CT molecular complexity index is 950. The molecule has 0 bridgehead atoms. The van der Waals surface area contributed by atoms with Crippen LogP contribution in [0.25, 0.3) is 0 Å². The monoisotopic (exact) mass is 425 g/mol. The molecule has 0 aliphatic rings. The highest BCUT2D eigenvalue weighted by Gasteiger charge is 2.31. The molecule has 3 aromatic rings. The SMILES string of the molecule is O=C(Cc1ccc(Cl)cc1)NC[C@@H](c1cccs1)S(=O)(=O)c1cccs1. The number of carbonyl (C=O) groups is 1. The quantitative estimate of drug-likeness (QED) is 0.612. The maximum absolute atomic E-state index is 13.0. The molecule has 3 rings (SSSR count). The molecule has 0 saturated heterocycles. The van der Waals surface area contributed by atoms with Gasteiger partial charge in [0.1, 0.15) is 9.46 Å². The second-order valence-electron chi connectivity index (χ2n) is 5.59. The summed E-state index contributed by atoms with van der Waals surface area (Å²) in [7, 11) is -3.56. The lowest BCUT2D eigenvalue weighted by Gasteiger charge is -2.16. The van der Waals surface area contributed by atoms with Gasteiger partial charge in [0, 0.05) is 16.4 Å². The third-order valence-corrected chi connectivity index (χ3v) is 8.67. The lowest BCUT2D eigenvalue weighted by molar-refractivity contribution is -0.120. The van der Waals surface area contributed by atoms with Gasteiger partial charge in [0.15, 0.2) is 9.84 Å². The van der Waals surface area contributed by atoms with Gasteiger partial charge in [0.05, 0.1) is 6.42 Å². The summed E-state index contributed by atoms with van der Waals surface area (Å²) >= 11 is 8.40. The van der Waals surface area contributed by atoms with Crippen LogP contribution < -0.4 is 5.32 Å². The number of nitrogens with one attached hydrogen (secondary N) is 1. The van der Waals surface area contributed by atoms with E-state index in [9.17, 15) is 13.2 Å². The van der Waals surface area contributed by atoms with Crippen LogP contribution in [0, 0.1) is 0 Å². The summed E-state index contributed by atoms with van der Waals surface area (Å²) in [5.74, 6) is -0.227. The Morgan fingerprint density at radius 2 is 1.73 bits per heavy atom. The van der Waals surface area contributed by atoms with Gasteiger partial charge in [-0.1, -0.05) is 35.9 Å². The third-order valence-electron chi connectivity index (χ3n) is 3.77. The van der Waals surface area contributed by atoms with E-state index in [-0.39, 0.29) is 18.9 Å². The van der Waals surface area contributed by atoms with Crippen molar-refractivity contribution in [3.63, 3.8) is 0 Å². The highest BCUT2D eigenvalue weighted by molar-refractivity contribution is 7.93. The lowest BCUT2D eigenvalue weighted by atomic mass is 10.1. The summed E-state index contributed by atoms with van der Waals surface area (Å²) in [5.41, 5.74) is 0.820. The van der Waals surface area contributed by atoms with Gasteiger partial charge >= 0.3 is 0 Å². The van der Waals surface area contributed by atoms with E-state index in [2.05, 4.69) is 5.32 Å². The van der Waals surface area contributed by atoms with Crippen LogP contribution in [0.3, 0.4) is 0 Å². The molecule has 1 N–H and O–H groups in total. The van der Waals surface area contributed by atoms with Crippen LogP contribution in [-0.4, -0.2) is 20.9 Å². The van der Waals surface area contributed by atoms with Gasteiger partial charge in [-0.25, -0.2) is 8.42 Å². The van der Waals surface area contributed by atoms with E-state index >= 15 is 0 Å². The van der Waals surface area contributed by atoms with Gasteiger partial charge in [-0.2, -0.15) is 0 Å². The molecule has 2 heterocycles. The van der Waals surface area contributed by atoms with Crippen molar-refractivity contribution in [2.24, 2.45) is 0 Å². The average molecular weight is 426 g/mol. The molecule has 1 amide bonds. The number of amides is 1. The number of carbonyl (C=O) groups excluding carboxylic acids is 1. The van der Waals surface area contributed by atoms with Crippen molar-refractivity contribution >= 4 is 50.0 Å². The summed E-state index contributed by atoms with van der Waals surface area (Å²) in [6.45, 7) is 0.0349. The minimum atomic E-state index is -3.56. The summed E-state index contributed by atoms with van der Waals surface area (Å²) in [6, 6.07) is 13.9. The molecule has 0 unspecified atom stereocenters. The first-order valence-electron chi connectivity index (χ1n) is 7.79. The van der Waals surface area contributed by atoms with Gasteiger partial charge in [0.25, 0.3) is 0 Å². The zero-order chi connectivity index (χ0) is 18.6. The van der Waals surface area contributed by atoms with Crippen LogP contribution >= 0.6 is 34.3 Å². The van der Waals surface area contributed by atoms with Gasteiger partial charge in [-0.3, -0.25) is 4.79 Å². The lowest BCUT2D eigenvalue weighted by Crippen LogP contribution is -2.32.